The summed E-state index contributed by atoms with van der Waals surface area (Å²) in [6, 6.07) is 16.2. The van der Waals surface area contributed by atoms with Crippen LogP contribution in [0.5, 0.6) is 0 Å². The van der Waals surface area contributed by atoms with E-state index in [2.05, 4.69) is 45.5 Å². The molecule has 0 aliphatic carbocycles. The van der Waals surface area contributed by atoms with Crippen molar-refractivity contribution < 1.29 is 4.74 Å². The summed E-state index contributed by atoms with van der Waals surface area (Å²) in [5.41, 5.74) is 6.43. The Morgan fingerprint density at radius 1 is 1.06 bits per heavy atom. The van der Waals surface area contributed by atoms with Crippen molar-refractivity contribution in [3.8, 4) is 0 Å². The van der Waals surface area contributed by atoms with Crippen LogP contribution in [0.25, 0.3) is 0 Å². The Morgan fingerprint density at radius 3 is 2.77 bits per heavy atom. The molecule has 1 aliphatic heterocycles. The van der Waals surface area contributed by atoms with Gasteiger partial charge in [-0.1, -0.05) is 35.9 Å². The molecular formula is C24H28N6O. The first kappa shape index (κ1) is 20.9. The lowest BCUT2D eigenvalue weighted by molar-refractivity contribution is 0.122. The molecule has 1 saturated heterocycles. The van der Waals surface area contributed by atoms with Gasteiger partial charge in [0, 0.05) is 37.5 Å². The Hall–Kier alpha value is -3.32. The lowest BCUT2D eigenvalue weighted by Crippen LogP contribution is -2.37. The Morgan fingerprint density at radius 2 is 1.97 bits per heavy atom. The molecule has 2 aromatic heterocycles. The average Bonchev–Trinajstić information content (AvgIpc) is 2.80. The average molecular weight is 417 g/mol. The lowest BCUT2D eigenvalue weighted by atomic mass is 10.1. The van der Waals surface area contributed by atoms with E-state index in [1.165, 1.54) is 5.56 Å². The lowest BCUT2D eigenvalue weighted by Gasteiger charge is -2.28. The van der Waals surface area contributed by atoms with E-state index in [4.69, 9.17) is 14.7 Å². The van der Waals surface area contributed by atoms with Crippen LogP contribution < -0.4 is 10.3 Å². The van der Waals surface area contributed by atoms with Gasteiger partial charge < -0.3 is 9.64 Å². The van der Waals surface area contributed by atoms with Crippen LogP contribution >= 0.6 is 0 Å². The molecule has 160 valence electrons. The van der Waals surface area contributed by atoms with Crippen LogP contribution in [0.1, 0.15) is 29.1 Å². The maximum atomic E-state index is 5.49. The summed E-state index contributed by atoms with van der Waals surface area (Å²) in [6.07, 6.45) is 6.27. The second kappa shape index (κ2) is 10.6. The van der Waals surface area contributed by atoms with Gasteiger partial charge in [-0.25, -0.2) is 9.97 Å². The zero-order valence-electron chi connectivity index (χ0n) is 17.9. The van der Waals surface area contributed by atoms with Crippen molar-refractivity contribution in [3.63, 3.8) is 0 Å². The number of aryl methyl sites for hydroxylation is 3. The van der Waals surface area contributed by atoms with Gasteiger partial charge in [0.05, 0.1) is 19.4 Å². The van der Waals surface area contributed by atoms with Crippen molar-refractivity contribution in [3.05, 3.63) is 77.4 Å². The van der Waals surface area contributed by atoms with E-state index in [1.807, 2.05) is 42.7 Å². The van der Waals surface area contributed by atoms with Gasteiger partial charge in [0.15, 0.2) is 5.82 Å². The van der Waals surface area contributed by atoms with Gasteiger partial charge in [-0.05, 0) is 37.5 Å². The fraction of sp³-hybridized carbons (Fsp3) is 0.333. The molecule has 0 bridgehead atoms. The van der Waals surface area contributed by atoms with Crippen molar-refractivity contribution in [2.75, 3.05) is 36.6 Å². The summed E-state index contributed by atoms with van der Waals surface area (Å²) in [6.45, 7) is 5.16. The van der Waals surface area contributed by atoms with Crippen LogP contribution in [0.3, 0.4) is 0 Å². The minimum atomic E-state index is 0.702. The van der Waals surface area contributed by atoms with Crippen molar-refractivity contribution in [2.24, 2.45) is 5.10 Å². The highest BCUT2D eigenvalue weighted by Crippen LogP contribution is 2.18. The van der Waals surface area contributed by atoms with Gasteiger partial charge >= 0.3 is 0 Å². The topological polar surface area (TPSA) is 75.5 Å². The summed E-state index contributed by atoms with van der Waals surface area (Å²) in [5, 5.41) is 4.39. The van der Waals surface area contributed by atoms with Gasteiger partial charge in [0.2, 0.25) is 0 Å². The van der Waals surface area contributed by atoms with E-state index in [-0.39, 0.29) is 0 Å². The molecular weight excluding hydrogens is 388 g/mol. The highest BCUT2D eigenvalue weighted by atomic mass is 16.5. The van der Waals surface area contributed by atoms with E-state index in [9.17, 15) is 0 Å². The fourth-order valence-electron chi connectivity index (χ4n) is 3.50. The van der Waals surface area contributed by atoms with E-state index >= 15 is 0 Å². The smallest absolute Gasteiger partial charge is 0.152 e. The van der Waals surface area contributed by atoms with E-state index < -0.39 is 0 Å². The maximum absolute atomic E-state index is 5.49. The van der Waals surface area contributed by atoms with Crippen molar-refractivity contribution in [1.29, 1.82) is 0 Å². The Bertz CT molecular complexity index is 1000. The first-order valence-corrected chi connectivity index (χ1v) is 10.7. The van der Waals surface area contributed by atoms with Gasteiger partial charge in [-0.2, -0.15) is 5.10 Å². The van der Waals surface area contributed by atoms with Crippen molar-refractivity contribution in [1.82, 2.24) is 15.0 Å². The molecule has 31 heavy (non-hydrogen) atoms. The molecule has 0 unspecified atom stereocenters. The summed E-state index contributed by atoms with van der Waals surface area (Å²) >= 11 is 0. The molecule has 0 atom stereocenters. The minimum absolute atomic E-state index is 0.702. The minimum Gasteiger partial charge on any atom is -0.378 e. The first-order chi connectivity index (χ1) is 15.3. The molecule has 7 nitrogen and oxygen atoms in total. The molecule has 0 saturated carbocycles. The molecule has 4 rings (SSSR count). The van der Waals surface area contributed by atoms with E-state index in [0.717, 1.165) is 55.3 Å². The quantitative estimate of drug-likeness (QED) is 0.446. The number of hydrazone groups is 1. The molecule has 0 amide bonds. The van der Waals surface area contributed by atoms with E-state index in [0.29, 0.717) is 19.0 Å². The van der Waals surface area contributed by atoms with Crippen LogP contribution in [0.15, 0.2) is 59.8 Å². The normalized spacial score (nSPS) is 14.2. The van der Waals surface area contributed by atoms with Crippen molar-refractivity contribution >= 4 is 17.9 Å². The maximum Gasteiger partial charge on any atom is 0.152 e. The number of rotatable bonds is 8. The monoisotopic (exact) mass is 416 g/mol. The number of nitrogens with one attached hydrogen (secondary N) is 1. The number of hydrogen-bond donors (Lipinski definition) is 1. The zero-order valence-corrected chi connectivity index (χ0v) is 17.9. The van der Waals surface area contributed by atoms with Gasteiger partial charge in [-0.15, -0.1) is 0 Å². The zero-order chi connectivity index (χ0) is 21.3. The molecule has 3 aromatic rings. The summed E-state index contributed by atoms with van der Waals surface area (Å²) < 4.78 is 5.49. The van der Waals surface area contributed by atoms with E-state index in [1.54, 1.807) is 0 Å². The van der Waals surface area contributed by atoms with Crippen LogP contribution in [-0.4, -0.2) is 47.5 Å². The third-order valence-corrected chi connectivity index (χ3v) is 5.09. The standard InChI is InChI=1S/C24H28N6O/c1-19-6-4-7-20(16-19)18-26-29-23-17-24(30-12-14-31-15-13-30)28-22(27-23)10-5-9-21-8-2-3-11-25-21/h2-4,6-8,11,16-18H,5,9-10,12-15H2,1H3,(H,27,28,29). The summed E-state index contributed by atoms with van der Waals surface area (Å²) in [7, 11) is 0. The Labute approximate surface area is 183 Å². The molecule has 1 N–H and O–H groups in total. The van der Waals surface area contributed by atoms with Gasteiger partial charge in [0.25, 0.3) is 0 Å². The predicted octanol–water partition coefficient (Wildman–Crippen LogP) is 3.64. The summed E-state index contributed by atoms with van der Waals surface area (Å²) in [4.78, 5) is 16.1. The Kier molecular flexibility index (Phi) is 7.18. The van der Waals surface area contributed by atoms with Crippen LogP contribution in [0, 0.1) is 6.92 Å². The number of anilines is 2. The number of nitrogens with zero attached hydrogens (tertiary/aromatic N) is 5. The highest BCUT2D eigenvalue weighted by Gasteiger charge is 2.15. The number of pyridine rings is 1. The molecule has 0 spiro atoms. The van der Waals surface area contributed by atoms with Gasteiger partial charge in [0.1, 0.15) is 11.6 Å². The molecule has 7 heteroatoms. The highest BCUT2D eigenvalue weighted by molar-refractivity contribution is 5.80. The summed E-state index contributed by atoms with van der Waals surface area (Å²) in [5.74, 6) is 2.43. The Balaban J connectivity index is 1.46. The van der Waals surface area contributed by atoms with Crippen LogP contribution in [0.4, 0.5) is 11.6 Å². The van der Waals surface area contributed by atoms with Crippen LogP contribution in [0.2, 0.25) is 0 Å². The SMILES string of the molecule is Cc1cccc(C=NNc2cc(N3CCOCC3)nc(CCCc3ccccn3)n2)c1. The molecule has 3 heterocycles. The molecule has 1 aromatic carbocycles. The second-order valence-electron chi connectivity index (χ2n) is 7.59. The number of ether oxygens (including phenoxy) is 1. The predicted molar refractivity (Wildman–Crippen MR) is 124 cm³/mol. The molecule has 1 aliphatic rings. The third kappa shape index (κ3) is 6.33. The largest absolute Gasteiger partial charge is 0.378 e. The number of morpholine rings is 1. The number of benzene rings is 1. The van der Waals surface area contributed by atoms with Gasteiger partial charge in [-0.3, -0.25) is 10.4 Å². The van der Waals surface area contributed by atoms with Crippen LogP contribution in [-0.2, 0) is 17.6 Å². The van der Waals surface area contributed by atoms with Crippen molar-refractivity contribution in [2.45, 2.75) is 26.2 Å². The molecule has 0 radical (unpaired) electrons. The first-order valence-electron chi connectivity index (χ1n) is 10.7. The number of hydrogen-bond acceptors (Lipinski definition) is 7. The fourth-order valence-corrected chi connectivity index (χ4v) is 3.50. The second-order valence-corrected chi connectivity index (χ2v) is 7.59. The number of aromatic nitrogens is 3. The third-order valence-electron chi connectivity index (χ3n) is 5.09. The molecule has 1 fully saturated rings.